The number of aromatic nitrogens is 4. The molecule has 1 amide bonds. The molecule has 0 saturated carbocycles. The smallest absolute Gasteiger partial charge is 0.391 e. The molecule has 1 atom stereocenters. The summed E-state index contributed by atoms with van der Waals surface area (Å²) in [5.41, 5.74) is -0.190. The number of aliphatic hydroxyl groups excluding tert-OH is 1. The third-order valence-corrected chi connectivity index (χ3v) is 4.90. The van der Waals surface area contributed by atoms with E-state index in [1.807, 2.05) is 0 Å². The minimum Gasteiger partial charge on any atom is -0.391 e. The van der Waals surface area contributed by atoms with E-state index in [1.54, 1.807) is 41.2 Å². The molecule has 11 heteroatoms. The maximum absolute atomic E-state index is 13.5. The quantitative estimate of drug-likeness (QED) is 0.658. The van der Waals surface area contributed by atoms with E-state index in [1.165, 1.54) is 12.1 Å². The summed E-state index contributed by atoms with van der Waals surface area (Å²) in [6.45, 7) is 0.769. The van der Waals surface area contributed by atoms with Crippen molar-refractivity contribution in [2.45, 2.75) is 18.7 Å². The second kappa shape index (κ2) is 7.99. The molecule has 3 aromatic heterocycles. The second-order valence-electron chi connectivity index (χ2n) is 7.24. The summed E-state index contributed by atoms with van der Waals surface area (Å²) < 4.78 is 42.0. The SMILES string of the molecule is Cn1cc(-c2cccc(C(=O)Nc3cc(N4CCC(O)C4)cnc3C(F)(F)F)n2)cn1. The Kier molecular flexibility index (Phi) is 5.36. The fraction of sp³-hybridized carbons (Fsp3) is 0.300. The highest BCUT2D eigenvalue weighted by Gasteiger charge is 2.37. The highest BCUT2D eigenvalue weighted by Crippen LogP contribution is 2.36. The fourth-order valence-electron chi connectivity index (χ4n) is 3.39. The Morgan fingerprint density at radius 2 is 2.10 bits per heavy atom. The summed E-state index contributed by atoms with van der Waals surface area (Å²) in [6, 6.07) is 5.90. The molecule has 31 heavy (non-hydrogen) atoms. The number of aryl methyl sites for hydroxylation is 1. The highest BCUT2D eigenvalue weighted by molar-refractivity contribution is 6.03. The molecule has 0 radical (unpaired) electrons. The summed E-state index contributed by atoms with van der Waals surface area (Å²) in [5.74, 6) is -0.795. The topological polar surface area (TPSA) is 96.2 Å². The molecule has 1 unspecified atom stereocenters. The molecule has 1 saturated heterocycles. The molecule has 2 N–H and O–H groups in total. The van der Waals surface area contributed by atoms with Gasteiger partial charge in [-0.2, -0.15) is 18.3 Å². The van der Waals surface area contributed by atoms with E-state index in [4.69, 9.17) is 0 Å². The van der Waals surface area contributed by atoms with Gasteiger partial charge in [-0.1, -0.05) is 6.07 Å². The van der Waals surface area contributed by atoms with Crippen molar-refractivity contribution in [2.75, 3.05) is 23.3 Å². The number of rotatable bonds is 4. The highest BCUT2D eigenvalue weighted by atomic mass is 19.4. The number of hydrogen-bond acceptors (Lipinski definition) is 6. The molecular formula is C20H19F3N6O2. The van der Waals surface area contributed by atoms with Gasteiger partial charge in [0.15, 0.2) is 5.69 Å². The standard InChI is InChI=1S/C20H19F3N6O2/c1-28-10-12(8-25-28)15-3-2-4-16(26-15)19(31)27-17-7-13(29-6-5-14(30)11-29)9-24-18(17)20(21,22)23/h2-4,7-10,14,30H,5-6,11H2,1H3,(H,27,31). The van der Waals surface area contributed by atoms with Crippen LogP contribution in [0.25, 0.3) is 11.3 Å². The Balaban J connectivity index is 1.63. The van der Waals surface area contributed by atoms with Gasteiger partial charge >= 0.3 is 6.18 Å². The predicted molar refractivity (Wildman–Crippen MR) is 106 cm³/mol. The number of alkyl halides is 3. The normalized spacial score (nSPS) is 16.5. The zero-order valence-corrected chi connectivity index (χ0v) is 16.5. The lowest BCUT2D eigenvalue weighted by Gasteiger charge is -2.20. The van der Waals surface area contributed by atoms with Crippen molar-refractivity contribution in [1.82, 2.24) is 19.7 Å². The number of nitrogens with zero attached hydrogens (tertiary/aromatic N) is 5. The number of aliphatic hydroxyl groups is 1. The van der Waals surface area contributed by atoms with Crippen molar-refractivity contribution in [3.63, 3.8) is 0 Å². The molecule has 1 aliphatic rings. The van der Waals surface area contributed by atoms with Crippen LogP contribution in [0.2, 0.25) is 0 Å². The van der Waals surface area contributed by atoms with Gasteiger partial charge in [-0.05, 0) is 24.6 Å². The molecular weight excluding hydrogens is 413 g/mol. The molecule has 4 rings (SSSR count). The molecule has 0 bridgehead atoms. The Hall–Kier alpha value is -3.47. The average Bonchev–Trinajstić information content (AvgIpc) is 3.35. The van der Waals surface area contributed by atoms with Gasteiger partial charge < -0.3 is 15.3 Å². The Morgan fingerprint density at radius 3 is 2.74 bits per heavy atom. The van der Waals surface area contributed by atoms with Crippen molar-refractivity contribution < 1.29 is 23.1 Å². The third-order valence-electron chi connectivity index (χ3n) is 4.90. The number of carbonyl (C=O) groups is 1. The van der Waals surface area contributed by atoms with Crippen molar-refractivity contribution in [3.05, 3.63) is 54.2 Å². The summed E-state index contributed by atoms with van der Waals surface area (Å²) >= 11 is 0. The molecule has 162 valence electrons. The van der Waals surface area contributed by atoms with Gasteiger partial charge in [0, 0.05) is 31.9 Å². The number of β-amino-alcohol motifs (C(OH)–C–C–N with tert-alkyl or cyclic N) is 1. The van der Waals surface area contributed by atoms with Crippen LogP contribution in [0.4, 0.5) is 24.5 Å². The molecule has 8 nitrogen and oxygen atoms in total. The first-order valence-corrected chi connectivity index (χ1v) is 9.48. The van der Waals surface area contributed by atoms with E-state index < -0.39 is 29.6 Å². The van der Waals surface area contributed by atoms with Gasteiger partial charge in [-0.15, -0.1) is 0 Å². The largest absolute Gasteiger partial charge is 0.435 e. The maximum atomic E-state index is 13.5. The zero-order chi connectivity index (χ0) is 22.2. The van der Waals surface area contributed by atoms with Gasteiger partial charge in [-0.3, -0.25) is 9.48 Å². The molecule has 3 aromatic rings. The van der Waals surface area contributed by atoms with Crippen LogP contribution in [0.5, 0.6) is 0 Å². The molecule has 0 aromatic carbocycles. The van der Waals surface area contributed by atoms with Gasteiger partial charge in [0.05, 0.1) is 35.6 Å². The van der Waals surface area contributed by atoms with Gasteiger partial charge in [0.2, 0.25) is 0 Å². The lowest BCUT2D eigenvalue weighted by Crippen LogP contribution is -2.23. The average molecular weight is 432 g/mol. The van der Waals surface area contributed by atoms with Crippen LogP contribution in [-0.2, 0) is 13.2 Å². The number of nitrogens with one attached hydrogen (secondary N) is 1. The lowest BCUT2D eigenvalue weighted by molar-refractivity contribution is -0.140. The van der Waals surface area contributed by atoms with Crippen molar-refractivity contribution in [3.8, 4) is 11.3 Å². The first-order chi connectivity index (χ1) is 14.7. The second-order valence-corrected chi connectivity index (χ2v) is 7.24. The van der Waals surface area contributed by atoms with E-state index in [0.29, 0.717) is 29.9 Å². The number of carbonyl (C=O) groups excluding carboxylic acids is 1. The first-order valence-electron chi connectivity index (χ1n) is 9.48. The molecule has 0 aliphatic carbocycles. The number of halogens is 3. The van der Waals surface area contributed by atoms with Gasteiger partial charge in [-0.25, -0.2) is 9.97 Å². The van der Waals surface area contributed by atoms with E-state index in [-0.39, 0.29) is 12.2 Å². The Morgan fingerprint density at radius 1 is 1.29 bits per heavy atom. The molecule has 1 aliphatic heterocycles. The minimum absolute atomic E-state index is 0.0449. The lowest BCUT2D eigenvalue weighted by atomic mass is 10.2. The van der Waals surface area contributed by atoms with Crippen molar-refractivity contribution >= 4 is 17.3 Å². The van der Waals surface area contributed by atoms with Crippen molar-refractivity contribution in [2.24, 2.45) is 7.05 Å². The summed E-state index contributed by atoms with van der Waals surface area (Å²) in [6.07, 6.45) is -0.421. The van der Waals surface area contributed by atoms with E-state index in [9.17, 15) is 23.1 Å². The monoisotopic (exact) mass is 432 g/mol. The van der Waals surface area contributed by atoms with E-state index in [0.717, 1.165) is 6.20 Å². The molecule has 0 spiro atoms. The van der Waals surface area contributed by atoms with Gasteiger partial charge in [0.1, 0.15) is 5.69 Å². The van der Waals surface area contributed by atoms with Crippen LogP contribution in [0.3, 0.4) is 0 Å². The first kappa shape index (κ1) is 20.8. The van der Waals surface area contributed by atoms with E-state index >= 15 is 0 Å². The van der Waals surface area contributed by atoms with Crippen LogP contribution in [0.1, 0.15) is 22.6 Å². The van der Waals surface area contributed by atoms with Crippen LogP contribution >= 0.6 is 0 Å². The van der Waals surface area contributed by atoms with Gasteiger partial charge in [0.25, 0.3) is 5.91 Å². The van der Waals surface area contributed by atoms with Crippen LogP contribution in [0, 0.1) is 0 Å². The maximum Gasteiger partial charge on any atom is 0.435 e. The minimum atomic E-state index is -4.75. The Labute approximate surface area is 175 Å². The van der Waals surface area contributed by atoms with E-state index in [2.05, 4.69) is 20.4 Å². The number of pyridine rings is 2. The predicted octanol–water partition coefficient (Wildman–Crippen LogP) is 2.72. The zero-order valence-electron chi connectivity index (χ0n) is 16.5. The Bertz CT molecular complexity index is 1110. The van der Waals surface area contributed by atoms with Crippen LogP contribution in [0.15, 0.2) is 42.9 Å². The number of amides is 1. The van der Waals surface area contributed by atoms with Crippen LogP contribution in [-0.4, -0.2) is 50.0 Å². The number of hydrogen-bond donors (Lipinski definition) is 2. The summed E-state index contributed by atoms with van der Waals surface area (Å²) in [5, 5.41) is 16.0. The third kappa shape index (κ3) is 4.50. The summed E-state index contributed by atoms with van der Waals surface area (Å²) in [7, 11) is 1.73. The summed E-state index contributed by atoms with van der Waals surface area (Å²) in [4.78, 5) is 22.2. The molecule has 1 fully saturated rings. The van der Waals surface area contributed by atoms with Crippen molar-refractivity contribution in [1.29, 1.82) is 0 Å². The van der Waals surface area contributed by atoms with Crippen LogP contribution < -0.4 is 10.2 Å². The fourth-order valence-corrected chi connectivity index (χ4v) is 3.39. The number of anilines is 2. The molecule has 4 heterocycles.